The number of aryl methyl sites for hydroxylation is 1. The van der Waals surface area contributed by atoms with Crippen molar-refractivity contribution >= 4 is 11.6 Å². The maximum atomic E-state index is 6.06. The van der Waals surface area contributed by atoms with Gasteiger partial charge in [-0.3, -0.25) is 0 Å². The first-order chi connectivity index (χ1) is 9.22. The quantitative estimate of drug-likeness (QED) is 0.913. The molecule has 3 heteroatoms. The summed E-state index contributed by atoms with van der Waals surface area (Å²) in [5.41, 5.74) is 2.91. The molecule has 1 atom stereocenters. The molecule has 1 saturated heterocycles. The van der Waals surface area contributed by atoms with Gasteiger partial charge in [0.2, 0.25) is 0 Å². The van der Waals surface area contributed by atoms with E-state index in [0.717, 1.165) is 10.9 Å². The molecule has 1 heterocycles. The van der Waals surface area contributed by atoms with Gasteiger partial charge in [0.1, 0.15) is 0 Å². The summed E-state index contributed by atoms with van der Waals surface area (Å²) in [4.78, 5) is 2.43. The number of benzene rings is 1. The van der Waals surface area contributed by atoms with Gasteiger partial charge in [-0.15, -0.1) is 0 Å². The van der Waals surface area contributed by atoms with Crippen molar-refractivity contribution in [3.8, 4) is 0 Å². The van der Waals surface area contributed by atoms with Crippen LogP contribution in [-0.2, 0) is 6.42 Å². The second-order valence-corrected chi connectivity index (χ2v) is 6.53. The molecule has 1 fully saturated rings. The average molecular weight is 279 g/mol. The molecule has 0 spiro atoms. The van der Waals surface area contributed by atoms with E-state index in [1.165, 1.54) is 56.4 Å². The zero-order valence-corrected chi connectivity index (χ0v) is 12.4. The molecule has 1 unspecified atom stereocenters. The summed E-state index contributed by atoms with van der Waals surface area (Å²) in [7, 11) is 2.22. The van der Waals surface area contributed by atoms with Gasteiger partial charge in [0.15, 0.2) is 0 Å². The van der Waals surface area contributed by atoms with E-state index < -0.39 is 0 Å². The Balaban J connectivity index is 1.55. The predicted molar refractivity (Wildman–Crippen MR) is 80.7 cm³/mol. The molecule has 0 saturated carbocycles. The summed E-state index contributed by atoms with van der Waals surface area (Å²) in [6.07, 6.45) is 5.07. The van der Waals surface area contributed by atoms with Crippen LogP contribution in [0.1, 0.15) is 36.4 Å². The van der Waals surface area contributed by atoms with E-state index in [-0.39, 0.29) is 0 Å². The summed E-state index contributed by atoms with van der Waals surface area (Å²) in [5.74, 6) is 0.854. The van der Waals surface area contributed by atoms with Gasteiger partial charge in [-0.05, 0) is 81.5 Å². The molecule has 1 aromatic carbocycles. The Labute approximate surface area is 121 Å². The maximum Gasteiger partial charge on any atom is 0.0408 e. The standard InChI is InChI=1S/C16H23ClN2/c1-19-8-6-12(7-9-19)11-18-16-5-2-13-10-14(17)3-4-15(13)16/h3-4,10,12,16,18H,2,5-9,11H2,1H3. The normalized spacial score (nSPS) is 24.6. The van der Waals surface area contributed by atoms with E-state index in [1.54, 1.807) is 0 Å². The Bertz CT molecular complexity index is 438. The van der Waals surface area contributed by atoms with Gasteiger partial charge in [-0.2, -0.15) is 0 Å². The van der Waals surface area contributed by atoms with Gasteiger partial charge in [0.25, 0.3) is 0 Å². The highest BCUT2D eigenvalue weighted by atomic mass is 35.5. The molecule has 0 radical (unpaired) electrons. The summed E-state index contributed by atoms with van der Waals surface area (Å²) in [5, 5.41) is 4.65. The van der Waals surface area contributed by atoms with Crippen molar-refractivity contribution in [2.45, 2.75) is 31.7 Å². The van der Waals surface area contributed by atoms with Gasteiger partial charge in [-0.1, -0.05) is 17.7 Å². The zero-order valence-electron chi connectivity index (χ0n) is 11.7. The van der Waals surface area contributed by atoms with Crippen molar-refractivity contribution in [2.75, 3.05) is 26.7 Å². The monoisotopic (exact) mass is 278 g/mol. The molecule has 19 heavy (non-hydrogen) atoms. The number of hydrogen-bond acceptors (Lipinski definition) is 2. The fourth-order valence-electron chi connectivity index (χ4n) is 3.37. The fraction of sp³-hybridized carbons (Fsp3) is 0.625. The molecule has 3 rings (SSSR count). The van der Waals surface area contributed by atoms with Gasteiger partial charge in [0, 0.05) is 11.1 Å². The van der Waals surface area contributed by atoms with E-state index >= 15 is 0 Å². The van der Waals surface area contributed by atoms with Crippen molar-refractivity contribution in [1.29, 1.82) is 0 Å². The number of nitrogens with zero attached hydrogens (tertiary/aromatic N) is 1. The average Bonchev–Trinajstić information content (AvgIpc) is 2.80. The molecule has 0 aromatic heterocycles. The Morgan fingerprint density at radius 3 is 2.84 bits per heavy atom. The van der Waals surface area contributed by atoms with Crippen molar-refractivity contribution in [1.82, 2.24) is 10.2 Å². The lowest BCUT2D eigenvalue weighted by Crippen LogP contribution is -2.35. The van der Waals surface area contributed by atoms with Gasteiger partial charge >= 0.3 is 0 Å². The van der Waals surface area contributed by atoms with E-state index in [1.807, 2.05) is 6.07 Å². The molecule has 1 N–H and O–H groups in total. The minimum absolute atomic E-state index is 0.548. The Kier molecular flexibility index (Phi) is 4.11. The second-order valence-electron chi connectivity index (χ2n) is 6.09. The first-order valence-electron chi connectivity index (χ1n) is 7.42. The van der Waals surface area contributed by atoms with Crippen LogP contribution in [0.2, 0.25) is 5.02 Å². The Hall–Kier alpha value is -0.570. The van der Waals surface area contributed by atoms with Crippen LogP contribution in [0.15, 0.2) is 18.2 Å². The van der Waals surface area contributed by atoms with E-state index in [0.29, 0.717) is 6.04 Å². The fourth-order valence-corrected chi connectivity index (χ4v) is 3.57. The Morgan fingerprint density at radius 2 is 2.05 bits per heavy atom. The van der Waals surface area contributed by atoms with E-state index in [4.69, 9.17) is 11.6 Å². The topological polar surface area (TPSA) is 15.3 Å². The van der Waals surface area contributed by atoms with Crippen LogP contribution in [0.5, 0.6) is 0 Å². The number of fused-ring (bicyclic) bond motifs is 1. The lowest BCUT2D eigenvalue weighted by molar-refractivity contribution is 0.212. The molecular formula is C16H23ClN2. The van der Waals surface area contributed by atoms with E-state index in [2.05, 4.69) is 29.4 Å². The highest BCUT2D eigenvalue weighted by molar-refractivity contribution is 6.30. The molecule has 1 aliphatic heterocycles. The molecule has 2 aliphatic rings. The van der Waals surface area contributed by atoms with Crippen molar-refractivity contribution in [3.63, 3.8) is 0 Å². The SMILES string of the molecule is CN1CCC(CNC2CCc3cc(Cl)ccc32)CC1. The third kappa shape index (κ3) is 3.13. The first kappa shape index (κ1) is 13.4. The molecule has 1 aliphatic carbocycles. The second kappa shape index (κ2) is 5.82. The Morgan fingerprint density at radius 1 is 1.26 bits per heavy atom. The number of halogens is 1. The third-order valence-corrected chi connectivity index (χ3v) is 4.91. The number of likely N-dealkylation sites (tertiary alicyclic amines) is 1. The van der Waals surface area contributed by atoms with Crippen LogP contribution >= 0.6 is 11.6 Å². The van der Waals surface area contributed by atoms with Crippen LogP contribution in [0, 0.1) is 5.92 Å². The molecule has 104 valence electrons. The van der Waals surface area contributed by atoms with Crippen LogP contribution < -0.4 is 5.32 Å². The number of piperidine rings is 1. The molecule has 2 nitrogen and oxygen atoms in total. The maximum absolute atomic E-state index is 6.06. The molecule has 1 aromatic rings. The zero-order chi connectivity index (χ0) is 13.2. The molecule has 0 amide bonds. The summed E-state index contributed by atoms with van der Waals surface area (Å²) < 4.78 is 0. The highest BCUT2D eigenvalue weighted by Crippen LogP contribution is 2.33. The number of hydrogen-bond donors (Lipinski definition) is 1. The van der Waals surface area contributed by atoms with Crippen molar-refractivity contribution in [3.05, 3.63) is 34.3 Å². The van der Waals surface area contributed by atoms with Crippen LogP contribution in [0.25, 0.3) is 0 Å². The largest absolute Gasteiger partial charge is 0.310 e. The van der Waals surface area contributed by atoms with Gasteiger partial charge < -0.3 is 10.2 Å². The lowest BCUT2D eigenvalue weighted by atomic mass is 9.96. The van der Waals surface area contributed by atoms with Gasteiger partial charge in [0.05, 0.1) is 0 Å². The van der Waals surface area contributed by atoms with Crippen LogP contribution in [0.3, 0.4) is 0 Å². The minimum atomic E-state index is 0.548. The third-order valence-electron chi connectivity index (χ3n) is 4.67. The number of nitrogens with one attached hydrogen (secondary N) is 1. The number of rotatable bonds is 3. The summed E-state index contributed by atoms with van der Waals surface area (Å²) in [6.45, 7) is 3.67. The van der Waals surface area contributed by atoms with Crippen molar-refractivity contribution in [2.24, 2.45) is 5.92 Å². The predicted octanol–water partition coefficient (Wildman–Crippen LogP) is 3.26. The molecular weight excluding hydrogens is 256 g/mol. The smallest absolute Gasteiger partial charge is 0.0408 e. The summed E-state index contributed by atoms with van der Waals surface area (Å²) >= 11 is 6.06. The van der Waals surface area contributed by atoms with Crippen LogP contribution in [-0.4, -0.2) is 31.6 Å². The molecule has 0 bridgehead atoms. The highest BCUT2D eigenvalue weighted by Gasteiger charge is 2.24. The lowest BCUT2D eigenvalue weighted by Gasteiger charge is -2.30. The van der Waals surface area contributed by atoms with Crippen LogP contribution in [0.4, 0.5) is 0 Å². The minimum Gasteiger partial charge on any atom is -0.310 e. The first-order valence-corrected chi connectivity index (χ1v) is 7.80. The summed E-state index contributed by atoms with van der Waals surface area (Å²) in [6, 6.07) is 6.91. The van der Waals surface area contributed by atoms with Crippen molar-refractivity contribution < 1.29 is 0 Å². The van der Waals surface area contributed by atoms with E-state index in [9.17, 15) is 0 Å². The van der Waals surface area contributed by atoms with Gasteiger partial charge in [-0.25, -0.2) is 0 Å².